The number of fused-ring (bicyclic) bond motifs is 1. The molecule has 0 unspecified atom stereocenters. The third-order valence-corrected chi connectivity index (χ3v) is 4.65. The Hall–Kier alpha value is -2.98. The fraction of sp³-hybridized carbons (Fsp3) is 0. The van der Waals surface area contributed by atoms with Crippen LogP contribution in [0.15, 0.2) is 53.6 Å². The molecule has 0 aliphatic rings. The van der Waals surface area contributed by atoms with Gasteiger partial charge < -0.3 is 10.7 Å². The Morgan fingerprint density at radius 2 is 1.86 bits per heavy atom. The first-order chi connectivity index (χ1) is 10.5. The van der Waals surface area contributed by atoms with E-state index in [0.717, 1.165) is 0 Å². The average molecular weight is 312 g/mol. The summed E-state index contributed by atoms with van der Waals surface area (Å²) in [6, 6.07) is 13.1. The van der Waals surface area contributed by atoms with Crippen LogP contribution in [-0.2, 0) is 10.0 Å². The Bertz CT molecular complexity index is 983. The first-order valence-corrected chi connectivity index (χ1v) is 7.88. The van der Waals surface area contributed by atoms with Crippen LogP contribution in [0.4, 0.5) is 11.4 Å². The summed E-state index contributed by atoms with van der Waals surface area (Å²) in [5.74, 6) is 0. The number of nitrogens with two attached hydrogens (primary N) is 1. The van der Waals surface area contributed by atoms with E-state index < -0.39 is 10.0 Å². The predicted octanol–water partition coefficient (Wildman–Crippen LogP) is 2.42. The number of hydrogen-bond donors (Lipinski definition) is 3. The highest BCUT2D eigenvalue weighted by atomic mass is 32.2. The first-order valence-electron chi connectivity index (χ1n) is 6.40. The van der Waals surface area contributed by atoms with E-state index in [0.29, 0.717) is 27.8 Å². The summed E-state index contributed by atoms with van der Waals surface area (Å²) >= 11 is 0. The Labute approximate surface area is 127 Å². The lowest BCUT2D eigenvalue weighted by Crippen LogP contribution is -2.13. The number of hydrogen-bond acceptors (Lipinski definition) is 4. The molecule has 0 saturated carbocycles. The van der Waals surface area contributed by atoms with Gasteiger partial charge in [-0.25, -0.2) is 8.42 Å². The highest BCUT2D eigenvalue weighted by molar-refractivity contribution is 7.92. The number of rotatable bonds is 3. The number of benzene rings is 2. The molecule has 0 bridgehead atoms. The number of nitrogens with one attached hydrogen (secondary N) is 2. The van der Waals surface area contributed by atoms with Crippen LogP contribution in [0.25, 0.3) is 10.9 Å². The van der Waals surface area contributed by atoms with Gasteiger partial charge in [-0.1, -0.05) is 12.1 Å². The van der Waals surface area contributed by atoms with Crippen molar-refractivity contribution in [2.24, 2.45) is 0 Å². The normalized spacial score (nSPS) is 11.2. The Kier molecular flexibility index (Phi) is 3.23. The maximum Gasteiger partial charge on any atom is 0.261 e. The monoisotopic (exact) mass is 312 g/mol. The van der Waals surface area contributed by atoms with Gasteiger partial charge >= 0.3 is 0 Å². The number of para-hydroxylation sites is 1. The minimum atomic E-state index is -3.73. The smallest absolute Gasteiger partial charge is 0.261 e. The first kappa shape index (κ1) is 14.0. The van der Waals surface area contributed by atoms with Crippen LogP contribution in [0.1, 0.15) is 5.56 Å². The molecule has 3 aromatic rings. The summed E-state index contributed by atoms with van der Waals surface area (Å²) in [6.45, 7) is 0. The number of anilines is 2. The van der Waals surface area contributed by atoms with Gasteiger partial charge in [0.1, 0.15) is 6.07 Å². The molecule has 110 valence electrons. The molecule has 1 heterocycles. The zero-order chi connectivity index (χ0) is 15.7. The molecule has 4 N–H and O–H groups in total. The van der Waals surface area contributed by atoms with Gasteiger partial charge in [-0.2, -0.15) is 5.26 Å². The lowest BCUT2D eigenvalue weighted by molar-refractivity contribution is 0.601. The van der Waals surface area contributed by atoms with Crippen molar-refractivity contribution >= 4 is 32.3 Å². The van der Waals surface area contributed by atoms with Gasteiger partial charge in [-0.3, -0.25) is 4.72 Å². The van der Waals surface area contributed by atoms with Gasteiger partial charge in [0, 0.05) is 17.3 Å². The van der Waals surface area contributed by atoms with Crippen LogP contribution < -0.4 is 10.5 Å². The van der Waals surface area contributed by atoms with Crippen molar-refractivity contribution in [1.82, 2.24) is 4.98 Å². The molecule has 2 aromatic carbocycles. The molecule has 0 aliphatic carbocycles. The summed E-state index contributed by atoms with van der Waals surface area (Å²) in [7, 11) is -3.73. The lowest BCUT2D eigenvalue weighted by atomic mass is 10.2. The summed E-state index contributed by atoms with van der Waals surface area (Å²) in [6.07, 6.45) is 1.55. The van der Waals surface area contributed by atoms with Crippen molar-refractivity contribution in [1.29, 1.82) is 5.26 Å². The number of aromatic nitrogens is 1. The quantitative estimate of drug-likeness (QED) is 0.645. The van der Waals surface area contributed by atoms with E-state index in [9.17, 15) is 8.42 Å². The molecule has 0 atom stereocenters. The fourth-order valence-electron chi connectivity index (χ4n) is 2.18. The standard InChI is InChI=1S/C15H12N4O2S/c16-8-10-9-18-15-13(10)2-1-3-14(15)19-22(20,21)12-6-4-11(17)5-7-12/h1-7,9,18-19H,17H2. The van der Waals surface area contributed by atoms with Crippen molar-refractivity contribution in [3.05, 3.63) is 54.2 Å². The summed E-state index contributed by atoms with van der Waals surface area (Å²) in [4.78, 5) is 3.04. The van der Waals surface area contributed by atoms with Gasteiger partial charge in [-0.15, -0.1) is 0 Å². The molecular weight excluding hydrogens is 300 g/mol. The molecule has 0 aliphatic heterocycles. The molecule has 0 spiro atoms. The number of nitrogens with zero attached hydrogens (tertiary/aromatic N) is 1. The van der Waals surface area contributed by atoms with Gasteiger partial charge in [0.25, 0.3) is 10.0 Å². The van der Waals surface area contributed by atoms with Gasteiger partial charge in [-0.05, 0) is 30.3 Å². The molecule has 0 saturated heterocycles. The van der Waals surface area contributed by atoms with Crippen LogP contribution in [-0.4, -0.2) is 13.4 Å². The zero-order valence-corrected chi connectivity index (χ0v) is 12.2. The van der Waals surface area contributed by atoms with Crippen LogP contribution >= 0.6 is 0 Å². The van der Waals surface area contributed by atoms with Crippen molar-refractivity contribution in [3.63, 3.8) is 0 Å². The Balaban J connectivity index is 2.04. The molecule has 0 amide bonds. The van der Waals surface area contributed by atoms with Crippen molar-refractivity contribution < 1.29 is 8.42 Å². The lowest BCUT2D eigenvalue weighted by Gasteiger charge is -2.09. The van der Waals surface area contributed by atoms with Crippen molar-refractivity contribution in [2.45, 2.75) is 4.90 Å². The highest BCUT2D eigenvalue weighted by Crippen LogP contribution is 2.27. The second-order valence-corrected chi connectivity index (χ2v) is 6.40. The number of nitriles is 1. The second-order valence-electron chi connectivity index (χ2n) is 4.72. The molecule has 7 heteroatoms. The van der Waals surface area contributed by atoms with Crippen molar-refractivity contribution in [3.8, 4) is 6.07 Å². The number of nitrogen functional groups attached to an aromatic ring is 1. The molecule has 3 rings (SSSR count). The SMILES string of the molecule is N#Cc1c[nH]c2c(NS(=O)(=O)c3ccc(N)cc3)cccc12. The third-order valence-electron chi connectivity index (χ3n) is 3.27. The molecule has 22 heavy (non-hydrogen) atoms. The number of sulfonamides is 1. The van der Waals surface area contributed by atoms with Crippen LogP contribution in [0.2, 0.25) is 0 Å². The van der Waals surface area contributed by atoms with Gasteiger partial charge in [0.15, 0.2) is 0 Å². The van der Waals surface area contributed by atoms with E-state index >= 15 is 0 Å². The predicted molar refractivity (Wildman–Crippen MR) is 84.7 cm³/mol. The zero-order valence-electron chi connectivity index (χ0n) is 11.4. The fourth-order valence-corrected chi connectivity index (χ4v) is 3.25. The van der Waals surface area contributed by atoms with E-state index in [2.05, 4.69) is 15.8 Å². The van der Waals surface area contributed by atoms with Crippen molar-refractivity contribution in [2.75, 3.05) is 10.5 Å². The Morgan fingerprint density at radius 1 is 1.14 bits per heavy atom. The molecule has 0 fully saturated rings. The summed E-state index contributed by atoms with van der Waals surface area (Å²) in [5, 5.41) is 9.70. The average Bonchev–Trinajstić information content (AvgIpc) is 2.91. The molecule has 1 aromatic heterocycles. The number of H-pyrrole nitrogens is 1. The van der Waals surface area contributed by atoms with Gasteiger partial charge in [0.05, 0.1) is 21.7 Å². The molecule has 0 radical (unpaired) electrons. The number of aromatic amines is 1. The maximum atomic E-state index is 12.4. The minimum absolute atomic E-state index is 0.116. The minimum Gasteiger partial charge on any atom is -0.399 e. The van der Waals surface area contributed by atoms with E-state index in [4.69, 9.17) is 11.0 Å². The van der Waals surface area contributed by atoms with E-state index in [1.807, 2.05) is 0 Å². The Morgan fingerprint density at radius 3 is 2.55 bits per heavy atom. The second kappa shape index (κ2) is 5.09. The van der Waals surface area contributed by atoms with Crippen LogP contribution in [0.3, 0.4) is 0 Å². The van der Waals surface area contributed by atoms with E-state index in [1.54, 1.807) is 24.4 Å². The van der Waals surface area contributed by atoms with E-state index in [-0.39, 0.29) is 4.90 Å². The molecule has 6 nitrogen and oxygen atoms in total. The maximum absolute atomic E-state index is 12.4. The molecular formula is C15H12N4O2S. The van der Waals surface area contributed by atoms with Crippen LogP contribution in [0, 0.1) is 11.3 Å². The van der Waals surface area contributed by atoms with E-state index in [1.165, 1.54) is 24.3 Å². The largest absolute Gasteiger partial charge is 0.399 e. The summed E-state index contributed by atoms with van der Waals surface area (Å²) in [5.41, 5.74) is 7.47. The van der Waals surface area contributed by atoms with Gasteiger partial charge in [0.2, 0.25) is 0 Å². The highest BCUT2D eigenvalue weighted by Gasteiger charge is 2.16. The van der Waals surface area contributed by atoms with Crippen LogP contribution in [0.5, 0.6) is 0 Å². The third kappa shape index (κ3) is 2.36. The summed E-state index contributed by atoms with van der Waals surface area (Å²) < 4.78 is 27.3. The topological polar surface area (TPSA) is 112 Å².